The van der Waals surface area contributed by atoms with Crippen molar-refractivity contribution in [1.29, 1.82) is 0 Å². The Labute approximate surface area is 141 Å². The molecule has 0 aliphatic heterocycles. The number of hydrogen-bond acceptors (Lipinski definition) is 6. The topological polar surface area (TPSA) is 99.4 Å². The first-order valence-electron chi connectivity index (χ1n) is 6.61. The molecule has 24 heavy (non-hydrogen) atoms. The first-order valence-corrected chi connectivity index (χ1v) is 8.39. The van der Waals surface area contributed by atoms with Crippen LogP contribution in [0.2, 0.25) is 5.02 Å². The van der Waals surface area contributed by atoms with Crippen LogP contribution in [0.25, 0.3) is 10.9 Å². The van der Waals surface area contributed by atoms with Gasteiger partial charge in [0.1, 0.15) is 4.90 Å². The summed E-state index contributed by atoms with van der Waals surface area (Å²) < 4.78 is 30.1. The molecule has 0 aliphatic rings. The van der Waals surface area contributed by atoms with Gasteiger partial charge in [0.2, 0.25) is 0 Å². The molecule has 2 aromatic carbocycles. The van der Waals surface area contributed by atoms with Crippen molar-refractivity contribution >= 4 is 38.3 Å². The number of non-ortho nitro benzene ring substituents is 1. The highest BCUT2D eigenvalue weighted by Crippen LogP contribution is 2.32. The monoisotopic (exact) mass is 364 g/mol. The number of halogens is 1. The number of rotatable bonds is 4. The maximum absolute atomic E-state index is 12.5. The van der Waals surface area contributed by atoms with E-state index in [0.717, 1.165) is 18.2 Å². The Bertz CT molecular complexity index is 1050. The van der Waals surface area contributed by atoms with Gasteiger partial charge >= 0.3 is 10.1 Å². The maximum atomic E-state index is 12.5. The van der Waals surface area contributed by atoms with E-state index in [2.05, 4.69) is 4.98 Å². The second-order valence-corrected chi connectivity index (χ2v) is 6.66. The van der Waals surface area contributed by atoms with Crippen molar-refractivity contribution in [2.24, 2.45) is 0 Å². The third-order valence-corrected chi connectivity index (χ3v) is 4.75. The molecule has 1 heterocycles. The van der Waals surface area contributed by atoms with Crippen molar-refractivity contribution in [3.8, 4) is 5.75 Å². The minimum absolute atomic E-state index is 0.116. The Balaban J connectivity index is 2.04. The molecule has 9 heteroatoms. The zero-order valence-corrected chi connectivity index (χ0v) is 13.5. The van der Waals surface area contributed by atoms with Crippen LogP contribution in [-0.4, -0.2) is 18.3 Å². The number of benzene rings is 2. The molecule has 3 rings (SSSR count). The third-order valence-electron chi connectivity index (χ3n) is 3.19. The molecule has 0 N–H and O–H groups in total. The molecule has 0 saturated carbocycles. The van der Waals surface area contributed by atoms with Gasteiger partial charge in [-0.3, -0.25) is 15.1 Å². The van der Waals surface area contributed by atoms with Crippen LogP contribution in [0.4, 0.5) is 5.69 Å². The van der Waals surface area contributed by atoms with Crippen molar-refractivity contribution in [1.82, 2.24) is 4.98 Å². The highest BCUT2D eigenvalue weighted by Gasteiger charge is 2.22. The first-order chi connectivity index (χ1) is 11.4. The second-order valence-electron chi connectivity index (χ2n) is 4.74. The lowest BCUT2D eigenvalue weighted by Crippen LogP contribution is -2.11. The largest absolute Gasteiger partial charge is 0.377 e. The molecular weight excluding hydrogens is 356 g/mol. The molecule has 0 spiro atoms. The van der Waals surface area contributed by atoms with E-state index in [1.54, 1.807) is 24.3 Å². The average molecular weight is 365 g/mol. The molecule has 0 amide bonds. The predicted molar refractivity (Wildman–Crippen MR) is 87.7 cm³/mol. The van der Waals surface area contributed by atoms with Gasteiger partial charge in [0.15, 0.2) is 5.75 Å². The maximum Gasteiger partial charge on any atom is 0.341 e. The number of hydrogen-bond donors (Lipinski definition) is 0. The van der Waals surface area contributed by atoms with Gasteiger partial charge in [-0.15, -0.1) is 0 Å². The van der Waals surface area contributed by atoms with Crippen LogP contribution in [0.15, 0.2) is 59.6 Å². The molecule has 0 bridgehead atoms. The Morgan fingerprint density at radius 3 is 2.58 bits per heavy atom. The lowest BCUT2D eigenvalue weighted by molar-refractivity contribution is -0.384. The molecule has 0 atom stereocenters. The summed E-state index contributed by atoms with van der Waals surface area (Å²) in [6, 6.07) is 11.3. The lowest BCUT2D eigenvalue weighted by Gasteiger charge is -2.10. The molecule has 0 aliphatic carbocycles. The molecular formula is C15H9ClN2O5S. The van der Waals surface area contributed by atoms with Crippen molar-refractivity contribution in [3.05, 3.63) is 69.9 Å². The molecule has 122 valence electrons. The fourth-order valence-corrected chi connectivity index (χ4v) is 3.50. The summed E-state index contributed by atoms with van der Waals surface area (Å²) in [5, 5.41) is 11.2. The van der Waals surface area contributed by atoms with Crippen LogP contribution in [-0.2, 0) is 10.1 Å². The van der Waals surface area contributed by atoms with Crippen LogP contribution in [0.5, 0.6) is 5.75 Å². The zero-order chi connectivity index (χ0) is 17.3. The van der Waals surface area contributed by atoms with Gasteiger partial charge in [-0.25, -0.2) is 0 Å². The number of fused-ring (bicyclic) bond motifs is 1. The standard InChI is InChI=1S/C15H9ClN2O5S/c16-12-9-11(18(19)20)6-7-13(12)23-24(21,22)14-5-1-3-10-4-2-8-17-15(10)14/h1-9H. The third kappa shape index (κ3) is 3.01. The van der Waals surface area contributed by atoms with Gasteiger partial charge in [-0.2, -0.15) is 8.42 Å². The summed E-state index contributed by atoms with van der Waals surface area (Å²) in [5.41, 5.74) is -0.00499. The van der Waals surface area contributed by atoms with Crippen molar-refractivity contribution in [3.63, 3.8) is 0 Å². The molecule has 1 aromatic heterocycles. The number of nitrogens with zero attached hydrogens (tertiary/aromatic N) is 2. The lowest BCUT2D eigenvalue weighted by atomic mass is 10.2. The summed E-state index contributed by atoms with van der Waals surface area (Å²) in [5.74, 6) is -0.199. The van der Waals surface area contributed by atoms with Gasteiger partial charge in [0, 0.05) is 23.7 Å². The number of pyridine rings is 1. The van der Waals surface area contributed by atoms with Gasteiger partial charge < -0.3 is 4.18 Å². The van der Waals surface area contributed by atoms with E-state index in [1.165, 1.54) is 12.3 Å². The van der Waals surface area contributed by atoms with Crippen molar-refractivity contribution < 1.29 is 17.5 Å². The number of nitro benzene ring substituents is 1. The van der Waals surface area contributed by atoms with Gasteiger partial charge in [-0.05, 0) is 18.2 Å². The van der Waals surface area contributed by atoms with E-state index >= 15 is 0 Å². The molecule has 0 radical (unpaired) electrons. The van der Waals surface area contributed by atoms with Crippen molar-refractivity contribution in [2.75, 3.05) is 0 Å². The van der Waals surface area contributed by atoms with Gasteiger partial charge in [0.05, 0.1) is 15.5 Å². The second kappa shape index (κ2) is 6.06. The fraction of sp³-hybridized carbons (Fsp3) is 0. The SMILES string of the molecule is O=[N+]([O-])c1ccc(OS(=O)(=O)c2cccc3cccnc23)c(Cl)c1. The zero-order valence-electron chi connectivity index (χ0n) is 11.9. The number of nitro groups is 1. The Morgan fingerprint density at radius 2 is 1.88 bits per heavy atom. The van der Waals surface area contributed by atoms with E-state index < -0.39 is 15.0 Å². The minimum atomic E-state index is -4.21. The normalized spacial score (nSPS) is 11.4. The van der Waals surface area contributed by atoms with E-state index in [-0.39, 0.29) is 26.9 Å². The first kappa shape index (κ1) is 16.2. The summed E-state index contributed by atoms with van der Waals surface area (Å²) in [4.78, 5) is 14.0. The van der Waals surface area contributed by atoms with Crippen LogP contribution in [0.3, 0.4) is 0 Å². The van der Waals surface area contributed by atoms with Crippen LogP contribution >= 0.6 is 11.6 Å². The fourth-order valence-electron chi connectivity index (χ4n) is 2.11. The molecule has 7 nitrogen and oxygen atoms in total. The molecule has 0 saturated heterocycles. The summed E-state index contributed by atoms with van der Waals surface area (Å²) in [7, 11) is -4.21. The van der Waals surface area contributed by atoms with Gasteiger partial charge in [-0.1, -0.05) is 29.8 Å². The predicted octanol–water partition coefficient (Wildman–Crippen LogP) is 3.56. The summed E-state index contributed by atoms with van der Waals surface area (Å²) in [6.07, 6.45) is 1.47. The van der Waals surface area contributed by atoms with E-state index in [9.17, 15) is 18.5 Å². The molecule has 3 aromatic rings. The van der Waals surface area contributed by atoms with Crippen LogP contribution in [0, 0.1) is 10.1 Å². The smallest absolute Gasteiger partial charge is 0.341 e. The van der Waals surface area contributed by atoms with Crippen molar-refractivity contribution in [2.45, 2.75) is 4.90 Å². The molecule has 0 unspecified atom stereocenters. The van der Waals surface area contributed by atoms with E-state index in [0.29, 0.717) is 5.39 Å². The average Bonchev–Trinajstić information content (AvgIpc) is 2.56. The van der Waals surface area contributed by atoms with E-state index in [1.807, 2.05) is 0 Å². The quantitative estimate of drug-likeness (QED) is 0.398. The Kier molecular flexibility index (Phi) is 4.08. The number of para-hydroxylation sites is 1. The summed E-state index contributed by atoms with van der Waals surface area (Å²) in [6.45, 7) is 0. The highest BCUT2D eigenvalue weighted by atomic mass is 35.5. The minimum Gasteiger partial charge on any atom is -0.377 e. The number of aromatic nitrogens is 1. The van der Waals surface area contributed by atoms with Crippen LogP contribution < -0.4 is 4.18 Å². The molecule has 0 fully saturated rings. The highest BCUT2D eigenvalue weighted by molar-refractivity contribution is 7.87. The summed E-state index contributed by atoms with van der Waals surface area (Å²) >= 11 is 5.88. The Morgan fingerprint density at radius 1 is 1.12 bits per heavy atom. The van der Waals surface area contributed by atoms with E-state index in [4.69, 9.17) is 15.8 Å². The van der Waals surface area contributed by atoms with Crippen LogP contribution in [0.1, 0.15) is 0 Å². The Hall–Kier alpha value is -2.71. The van der Waals surface area contributed by atoms with Gasteiger partial charge in [0.25, 0.3) is 5.69 Å².